The molecule has 2 unspecified atom stereocenters. The van der Waals surface area contributed by atoms with Crippen LogP contribution in [0.25, 0.3) is 0 Å². The van der Waals surface area contributed by atoms with Gasteiger partial charge in [0.1, 0.15) is 5.78 Å². The first-order valence-electron chi connectivity index (χ1n) is 7.74. The summed E-state index contributed by atoms with van der Waals surface area (Å²) in [6, 6.07) is 0.101. The molecule has 0 aromatic heterocycles. The maximum Gasteiger partial charge on any atom is 0.147 e. The summed E-state index contributed by atoms with van der Waals surface area (Å²) in [4.78, 5) is 14.1. The van der Waals surface area contributed by atoms with E-state index in [1.807, 2.05) is 0 Å². The zero-order valence-corrected chi connectivity index (χ0v) is 12.3. The molecule has 4 rings (SSSR count). The molecule has 1 N–H and O–H groups in total. The van der Waals surface area contributed by atoms with Crippen molar-refractivity contribution in [2.24, 2.45) is 5.92 Å². The normalized spacial score (nSPS) is 32.6. The van der Waals surface area contributed by atoms with Crippen LogP contribution < -0.4 is 5.32 Å². The average molecular weight is 270 g/mol. The Morgan fingerprint density at radius 1 is 1.35 bits per heavy atom. The highest BCUT2D eigenvalue weighted by atomic mass is 16.1. The number of nitrogens with one attached hydrogen (secondary N) is 1. The van der Waals surface area contributed by atoms with Gasteiger partial charge in [-0.3, -0.25) is 9.69 Å². The van der Waals surface area contributed by atoms with Crippen LogP contribution in [0.2, 0.25) is 0 Å². The number of rotatable bonds is 1. The van der Waals surface area contributed by atoms with Crippen LogP contribution in [0.3, 0.4) is 0 Å². The molecule has 0 aromatic rings. The van der Waals surface area contributed by atoms with E-state index in [0.29, 0.717) is 11.7 Å². The van der Waals surface area contributed by atoms with Crippen LogP contribution in [0.4, 0.5) is 0 Å². The van der Waals surface area contributed by atoms with Crippen molar-refractivity contribution in [1.82, 2.24) is 10.2 Å². The van der Waals surface area contributed by atoms with E-state index in [1.54, 1.807) is 29.2 Å². The number of carbonyl (C=O) groups is 1. The molecule has 2 aliphatic heterocycles. The van der Waals surface area contributed by atoms with E-state index in [1.165, 1.54) is 12.1 Å². The standard InChI is InChI=1S/C17H22N2O/c1-10(20)16-7-11-6-12-8-18-15-5-3-4-13(17(12)15)14(11)9-19(16)2/h5,12,16,18H,3-4,6-9H2,1-2H3. The minimum Gasteiger partial charge on any atom is -0.384 e. The van der Waals surface area contributed by atoms with Gasteiger partial charge >= 0.3 is 0 Å². The Balaban J connectivity index is 1.77. The smallest absolute Gasteiger partial charge is 0.147 e. The summed E-state index contributed by atoms with van der Waals surface area (Å²) < 4.78 is 0. The van der Waals surface area contributed by atoms with Gasteiger partial charge in [-0.2, -0.15) is 0 Å². The van der Waals surface area contributed by atoms with Gasteiger partial charge in [0.2, 0.25) is 0 Å². The van der Waals surface area contributed by atoms with Crippen molar-refractivity contribution >= 4 is 5.78 Å². The lowest BCUT2D eigenvalue weighted by Crippen LogP contribution is -2.43. The molecule has 0 spiro atoms. The molecule has 3 heteroatoms. The first kappa shape index (κ1) is 12.4. The quantitative estimate of drug-likeness (QED) is 0.792. The van der Waals surface area contributed by atoms with E-state index < -0.39 is 0 Å². The number of Topliss-reactive ketones (excluding diaryl/α,β-unsaturated/α-hetero) is 1. The first-order valence-corrected chi connectivity index (χ1v) is 7.74. The molecule has 4 aliphatic rings. The zero-order valence-electron chi connectivity index (χ0n) is 12.3. The molecule has 2 atom stereocenters. The van der Waals surface area contributed by atoms with Gasteiger partial charge < -0.3 is 5.32 Å². The van der Waals surface area contributed by atoms with Crippen LogP contribution in [0, 0.1) is 5.92 Å². The van der Waals surface area contributed by atoms with Crippen molar-refractivity contribution in [2.45, 2.75) is 38.6 Å². The SMILES string of the molecule is CC(=O)C1CC2=C(CN1C)C1=C3C(=CCC1)NCC3C2. The van der Waals surface area contributed by atoms with Gasteiger partial charge in [-0.25, -0.2) is 0 Å². The minimum absolute atomic E-state index is 0.101. The number of likely N-dealkylation sites (N-methyl/N-ethyl adjacent to an activating group) is 1. The third-order valence-electron chi connectivity index (χ3n) is 5.44. The number of nitrogens with zero attached hydrogens (tertiary/aromatic N) is 1. The van der Waals surface area contributed by atoms with E-state index in [-0.39, 0.29) is 6.04 Å². The Morgan fingerprint density at radius 2 is 2.20 bits per heavy atom. The molecule has 20 heavy (non-hydrogen) atoms. The number of ketones is 1. The van der Waals surface area contributed by atoms with Gasteiger partial charge in [0.15, 0.2) is 0 Å². The molecule has 106 valence electrons. The van der Waals surface area contributed by atoms with Crippen LogP contribution in [0.5, 0.6) is 0 Å². The van der Waals surface area contributed by atoms with Gasteiger partial charge in [-0.15, -0.1) is 0 Å². The largest absolute Gasteiger partial charge is 0.384 e. The molecule has 0 bridgehead atoms. The Morgan fingerprint density at radius 3 is 3.00 bits per heavy atom. The molecule has 0 saturated carbocycles. The molecule has 3 nitrogen and oxygen atoms in total. The van der Waals surface area contributed by atoms with E-state index in [4.69, 9.17) is 0 Å². The molecular formula is C17H22N2O. The molecule has 2 aliphatic carbocycles. The lowest BCUT2D eigenvalue weighted by molar-refractivity contribution is -0.121. The van der Waals surface area contributed by atoms with Crippen LogP contribution in [-0.4, -0.2) is 36.9 Å². The molecular weight excluding hydrogens is 248 g/mol. The Kier molecular flexibility index (Phi) is 2.68. The van der Waals surface area contributed by atoms with Crippen LogP contribution in [-0.2, 0) is 4.79 Å². The molecule has 2 heterocycles. The van der Waals surface area contributed by atoms with Crippen molar-refractivity contribution in [3.63, 3.8) is 0 Å². The second-order valence-corrected chi connectivity index (χ2v) is 6.66. The number of carbonyl (C=O) groups excluding carboxylic acids is 1. The van der Waals surface area contributed by atoms with Crippen molar-refractivity contribution in [3.8, 4) is 0 Å². The highest BCUT2D eigenvalue weighted by Crippen LogP contribution is 2.47. The summed E-state index contributed by atoms with van der Waals surface area (Å²) in [5, 5.41) is 3.58. The molecule has 0 amide bonds. The van der Waals surface area contributed by atoms with E-state index >= 15 is 0 Å². The monoisotopic (exact) mass is 270 g/mol. The maximum absolute atomic E-state index is 11.8. The highest BCUT2D eigenvalue weighted by molar-refractivity contribution is 5.82. The van der Waals surface area contributed by atoms with Gasteiger partial charge in [0.25, 0.3) is 0 Å². The first-order chi connectivity index (χ1) is 9.65. The van der Waals surface area contributed by atoms with Crippen LogP contribution in [0.1, 0.15) is 32.6 Å². The van der Waals surface area contributed by atoms with Gasteiger partial charge in [0.05, 0.1) is 6.04 Å². The minimum atomic E-state index is 0.101. The number of fused-ring (bicyclic) bond motifs is 1. The Hall–Kier alpha value is -1.35. The fraction of sp³-hybridized carbons (Fsp3) is 0.588. The average Bonchev–Trinajstić information content (AvgIpc) is 2.84. The molecule has 0 aromatic carbocycles. The summed E-state index contributed by atoms with van der Waals surface area (Å²) in [5.74, 6) is 0.971. The summed E-state index contributed by atoms with van der Waals surface area (Å²) in [5.41, 5.74) is 7.74. The zero-order chi connectivity index (χ0) is 13.9. The van der Waals surface area contributed by atoms with Crippen LogP contribution in [0.15, 0.2) is 34.1 Å². The fourth-order valence-corrected chi connectivity index (χ4v) is 4.48. The second kappa shape index (κ2) is 4.32. The Bertz CT molecular complexity index is 582. The predicted molar refractivity (Wildman–Crippen MR) is 79.2 cm³/mol. The summed E-state index contributed by atoms with van der Waals surface area (Å²) in [6.45, 7) is 3.78. The third kappa shape index (κ3) is 1.65. The summed E-state index contributed by atoms with van der Waals surface area (Å²) >= 11 is 0. The number of hydrogen-bond donors (Lipinski definition) is 1. The van der Waals surface area contributed by atoms with E-state index in [2.05, 4.69) is 23.3 Å². The van der Waals surface area contributed by atoms with Crippen LogP contribution >= 0.6 is 0 Å². The fourth-order valence-electron chi connectivity index (χ4n) is 4.48. The lowest BCUT2D eigenvalue weighted by Gasteiger charge is -2.40. The van der Waals surface area contributed by atoms with Crippen molar-refractivity contribution in [1.29, 1.82) is 0 Å². The van der Waals surface area contributed by atoms with Gasteiger partial charge in [0, 0.05) is 24.7 Å². The second-order valence-electron chi connectivity index (χ2n) is 6.66. The summed E-state index contributed by atoms with van der Waals surface area (Å²) in [6.07, 6.45) is 6.83. The predicted octanol–water partition coefficient (Wildman–Crippen LogP) is 2.17. The van der Waals surface area contributed by atoms with Gasteiger partial charge in [-0.05, 0) is 56.4 Å². The highest BCUT2D eigenvalue weighted by Gasteiger charge is 2.39. The van der Waals surface area contributed by atoms with Crippen molar-refractivity contribution < 1.29 is 4.79 Å². The number of allylic oxidation sites excluding steroid dienone is 2. The van der Waals surface area contributed by atoms with Gasteiger partial charge in [-0.1, -0.05) is 11.6 Å². The van der Waals surface area contributed by atoms with Crippen molar-refractivity contribution in [2.75, 3.05) is 20.1 Å². The molecule has 0 radical (unpaired) electrons. The third-order valence-corrected chi connectivity index (χ3v) is 5.44. The maximum atomic E-state index is 11.8. The van der Waals surface area contributed by atoms with E-state index in [9.17, 15) is 4.79 Å². The lowest BCUT2D eigenvalue weighted by atomic mass is 9.72. The molecule has 1 saturated heterocycles. The van der Waals surface area contributed by atoms with Crippen molar-refractivity contribution in [3.05, 3.63) is 34.1 Å². The number of hydrogen-bond acceptors (Lipinski definition) is 3. The molecule has 1 fully saturated rings. The topological polar surface area (TPSA) is 32.3 Å². The van der Waals surface area contributed by atoms with E-state index in [0.717, 1.165) is 32.4 Å². The Labute approximate surface area is 120 Å². The summed E-state index contributed by atoms with van der Waals surface area (Å²) in [7, 11) is 2.10.